The summed E-state index contributed by atoms with van der Waals surface area (Å²) in [5.74, 6) is 2.51. The van der Waals surface area contributed by atoms with E-state index in [1.807, 2.05) is 24.3 Å². The Morgan fingerprint density at radius 1 is 1.00 bits per heavy atom. The molecule has 0 radical (unpaired) electrons. The van der Waals surface area contributed by atoms with Crippen LogP contribution < -0.4 is 19.5 Å². The molecule has 6 heteroatoms. The van der Waals surface area contributed by atoms with Crippen molar-refractivity contribution in [2.45, 2.75) is 20.0 Å². The molecule has 0 bridgehead atoms. The summed E-state index contributed by atoms with van der Waals surface area (Å²) in [5, 5.41) is 2.80. The van der Waals surface area contributed by atoms with Crippen molar-refractivity contribution in [2.24, 2.45) is 0 Å². The molecule has 1 aliphatic heterocycles. The summed E-state index contributed by atoms with van der Waals surface area (Å²) in [5.41, 5.74) is 1.86. The Kier molecular flexibility index (Phi) is 5.19. The van der Waals surface area contributed by atoms with E-state index in [9.17, 15) is 4.79 Å². The van der Waals surface area contributed by atoms with Crippen LogP contribution in [0.15, 0.2) is 59.0 Å². The highest BCUT2D eigenvalue weighted by Gasteiger charge is 2.15. The summed E-state index contributed by atoms with van der Waals surface area (Å²) in [6, 6.07) is 16.6. The number of anilines is 1. The highest BCUT2D eigenvalue weighted by Crippen LogP contribution is 2.32. The third-order valence-electron chi connectivity index (χ3n) is 4.40. The number of nitrogens with one attached hydrogen (secondary N) is 1. The molecule has 1 amide bonds. The van der Waals surface area contributed by atoms with Crippen LogP contribution in [-0.4, -0.2) is 19.1 Å². The number of hydrogen-bond acceptors (Lipinski definition) is 5. The average molecular weight is 379 g/mol. The van der Waals surface area contributed by atoms with Gasteiger partial charge in [-0.3, -0.25) is 4.79 Å². The first kappa shape index (κ1) is 18.0. The van der Waals surface area contributed by atoms with Gasteiger partial charge < -0.3 is 23.9 Å². The van der Waals surface area contributed by atoms with Crippen LogP contribution in [0.4, 0.5) is 5.69 Å². The number of ether oxygens (including phenoxy) is 3. The topological polar surface area (TPSA) is 69.9 Å². The Morgan fingerprint density at radius 2 is 1.79 bits per heavy atom. The fourth-order valence-corrected chi connectivity index (χ4v) is 2.87. The molecular formula is C22H21NO5. The molecule has 2 heterocycles. The number of rotatable bonds is 6. The molecule has 3 aromatic rings. The first-order valence-corrected chi connectivity index (χ1v) is 9.23. The van der Waals surface area contributed by atoms with Crippen LogP contribution in [0.5, 0.6) is 17.2 Å². The van der Waals surface area contributed by atoms with E-state index in [0.717, 1.165) is 12.2 Å². The van der Waals surface area contributed by atoms with Crippen LogP contribution in [-0.2, 0) is 13.0 Å². The standard InChI is InChI=1S/C22H21NO5/c1-2-15-3-6-17(7-4-15)27-14-18-8-10-20(28-18)22(24)23-16-5-9-19-21(13-16)26-12-11-25-19/h3-10,13H,2,11-12,14H2,1H3,(H,23,24). The van der Waals surface area contributed by atoms with E-state index in [2.05, 4.69) is 12.2 Å². The number of benzene rings is 2. The molecular weight excluding hydrogens is 358 g/mol. The fraction of sp³-hybridized carbons (Fsp3) is 0.227. The van der Waals surface area contributed by atoms with Gasteiger partial charge in [-0.15, -0.1) is 0 Å². The molecule has 0 unspecified atom stereocenters. The van der Waals surface area contributed by atoms with Gasteiger partial charge >= 0.3 is 0 Å². The molecule has 0 saturated heterocycles. The zero-order chi connectivity index (χ0) is 19.3. The monoisotopic (exact) mass is 379 g/mol. The molecule has 2 aromatic carbocycles. The van der Waals surface area contributed by atoms with Crippen LogP contribution in [0.25, 0.3) is 0 Å². The van der Waals surface area contributed by atoms with Gasteiger partial charge in [0.2, 0.25) is 0 Å². The van der Waals surface area contributed by atoms with Crippen LogP contribution >= 0.6 is 0 Å². The van der Waals surface area contributed by atoms with E-state index >= 15 is 0 Å². The molecule has 28 heavy (non-hydrogen) atoms. The maximum absolute atomic E-state index is 12.4. The van der Waals surface area contributed by atoms with Crippen molar-refractivity contribution in [2.75, 3.05) is 18.5 Å². The van der Waals surface area contributed by atoms with Gasteiger partial charge in [0.05, 0.1) is 0 Å². The number of carbonyl (C=O) groups is 1. The summed E-state index contributed by atoms with van der Waals surface area (Å²) in [7, 11) is 0. The van der Waals surface area contributed by atoms with Gasteiger partial charge in [0.25, 0.3) is 5.91 Å². The van der Waals surface area contributed by atoms with Crippen LogP contribution in [0.2, 0.25) is 0 Å². The third-order valence-corrected chi connectivity index (χ3v) is 4.40. The Labute approximate surface area is 163 Å². The number of furan rings is 1. The van der Waals surface area contributed by atoms with Gasteiger partial charge in [-0.05, 0) is 48.4 Å². The summed E-state index contributed by atoms with van der Waals surface area (Å²) in [6.07, 6.45) is 0.986. The first-order valence-electron chi connectivity index (χ1n) is 9.23. The molecule has 0 aliphatic carbocycles. The molecule has 1 aliphatic rings. The number of carbonyl (C=O) groups excluding carboxylic acids is 1. The largest absolute Gasteiger partial charge is 0.486 e. The number of hydrogen-bond donors (Lipinski definition) is 1. The summed E-state index contributed by atoms with van der Waals surface area (Å²) < 4.78 is 22.3. The number of amides is 1. The Bertz CT molecular complexity index is 961. The van der Waals surface area contributed by atoms with Crippen molar-refractivity contribution < 1.29 is 23.4 Å². The van der Waals surface area contributed by atoms with Gasteiger partial charge in [-0.2, -0.15) is 0 Å². The maximum Gasteiger partial charge on any atom is 0.291 e. The van der Waals surface area contributed by atoms with E-state index in [4.69, 9.17) is 18.6 Å². The molecule has 6 nitrogen and oxygen atoms in total. The minimum atomic E-state index is -0.338. The molecule has 0 spiro atoms. The number of aryl methyl sites for hydroxylation is 1. The van der Waals surface area contributed by atoms with Crippen molar-refractivity contribution in [1.29, 1.82) is 0 Å². The molecule has 0 fully saturated rings. The third kappa shape index (κ3) is 4.11. The Morgan fingerprint density at radius 3 is 2.57 bits per heavy atom. The quantitative estimate of drug-likeness (QED) is 0.685. The Balaban J connectivity index is 1.36. The molecule has 0 atom stereocenters. The van der Waals surface area contributed by atoms with Crippen molar-refractivity contribution >= 4 is 11.6 Å². The van der Waals surface area contributed by atoms with E-state index in [1.54, 1.807) is 30.3 Å². The summed E-state index contributed by atoms with van der Waals surface area (Å²) in [4.78, 5) is 12.4. The molecule has 1 N–H and O–H groups in total. The molecule has 4 rings (SSSR count). The Hall–Kier alpha value is -3.41. The SMILES string of the molecule is CCc1ccc(OCc2ccc(C(=O)Nc3ccc4c(c3)OCCO4)o2)cc1. The van der Waals surface area contributed by atoms with E-state index in [-0.39, 0.29) is 18.3 Å². The van der Waals surface area contributed by atoms with Gasteiger partial charge in [-0.25, -0.2) is 0 Å². The number of fused-ring (bicyclic) bond motifs is 1. The highest BCUT2D eigenvalue weighted by molar-refractivity contribution is 6.02. The van der Waals surface area contributed by atoms with Crippen LogP contribution in [0.3, 0.4) is 0 Å². The second kappa shape index (κ2) is 8.08. The molecule has 0 saturated carbocycles. The zero-order valence-electron chi connectivity index (χ0n) is 15.6. The van der Waals surface area contributed by atoms with E-state index in [0.29, 0.717) is 36.2 Å². The minimum Gasteiger partial charge on any atom is -0.486 e. The van der Waals surface area contributed by atoms with Crippen molar-refractivity contribution in [3.63, 3.8) is 0 Å². The van der Waals surface area contributed by atoms with Crippen molar-refractivity contribution in [1.82, 2.24) is 0 Å². The summed E-state index contributed by atoms with van der Waals surface area (Å²) in [6.45, 7) is 3.38. The zero-order valence-corrected chi connectivity index (χ0v) is 15.6. The lowest BCUT2D eigenvalue weighted by molar-refractivity contribution is 0.0992. The predicted molar refractivity (Wildman–Crippen MR) is 104 cm³/mol. The second-order valence-corrected chi connectivity index (χ2v) is 6.36. The lowest BCUT2D eigenvalue weighted by Gasteiger charge is -2.18. The van der Waals surface area contributed by atoms with E-state index in [1.165, 1.54) is 5.56 Å². The lowest BCUT2D eigenvalue weighted by atomic mass is 10.2. The van der Waals surface area contributed by atoms with Crippen molar-refractivity contribution in [3.05, 3.63) is 71.7 Å². The van der Waals surface area contributed by atoms with Crippen LogP contribution in [0, 0.1) is 0 Å². The minimum absolute atomic E-state index is 0.217. The lowest BCUT2D eigenvalue weighted by Crippen LogP contribution is -2.16. The van der Waals surface area contributed by atoms with Gasteiger partial charge in [0.1, 0.15) is 31.3 Å². The second-order valence-electron chi connectivity index (χ2n) is 6.36. The molecule has 144 valence electrons. The van der Waals surface area contributed by atoms with Gasteiger partial charge in [0.15, 0.2) is 17.3 Å². The fourth-order valence-electron chi connectivity index (χ4n) is 2.87. The van der Waals surface area contributed by atoms with Gasteiger partial charge in [0, 0.05) is 11.8 Å². The normalized spacial score (nSPS) is 12.5. The van der Waals surface area contributed by atoms with Crippen molar-refractivity contribution in [3.8, 4) is 17.2 Å². The maximum atomic E-state index is 12.4. The highest BCUT2D eigenvalue weighted by atomic mass is 16.6. The van der Waals surface area contributed by atoms with Gasteiger partial charge in [-0.1, -0.05) is 19.1 Å². The van der Waals surface area contributed by atoms with Crippen LogP contribution in [0.1, 0.15) is 28.8 Å². The average Bonchev–Trinajstić information content (AvgIpc) is 3.22. The first-order chi connectivity index (χ1) is 13.7. The predicted octanol–water partition coefficient (Wildman–Crippen LogP) is 4.44. The smallest absolute Gasteiger partial charge is 0.291 e. The van der Waals surface area contributed by atoms with E-state index < -0.39 is 0 Å². The summed E-state index contributed by atoms with van der Waals surface area (Å²) >= 11 is 0. The molecule has 1 aromatic heterocycles.